The van der Waals surface area contributed by atoms with Gasteiger partial charge in [0.1, 0.15) is 17.1 Å². The number of alkyl halides is 2. The van der Waals surface area contributed by atoms with E-state index in [1.807, 2.05) is 13.1 Å². The molecule has 7 nitrogen and oxygen atoms in total. The van der Waals surface area contributed by atoms with Crippen LogP contribution in [0.4, 0.5) is 14.5 Å². The molecule has 0 aliphatic heterocycles. The van der Waals surface area contributed by atoms with Gasteiger partial charge in [-0.15, -0.1) is 0 Å². The molecular formula is C22H26F2N4O3. The molecule has 2 aromatic heterocycles. The number of fused-ring (bicyclic) bond motifs is 1. The molecule has 0 aliphatic carbocycles. The Morgan fingerprint density at radius 1 is 1.26 bits per heavy atom. The van der Waals surface area contributed by atoms with Gasteiger partial charge in [-0.3, -0.25) is 9.48 Å². The smallest absolute Gasteiger partial charge is 0.287 e. The van der Waals surface area contributed by atoms with Crippen molar-refractivity contribution in [2.75, 3.05) is 11.9 Å². The van der Waals surface area contributed by atoms with Crippen molar-refractivity contribution in [1.82, 2.24) is 14.8 Å². The number of anilines is 1. The second-order valence-corrected chi connectivity index (χ2v) is 8.05. The molecule has 3 aromatic rings. The molecule has 1 aromatic carbocycles. The summed E-state index contributed by atoms with van der Waals surface area (Å²) in [6, 6.07) is 7.34. The van der Waals surface area contributed by atoms with Crippen LogP contribution in [-0.4, -0.2) is 38.0 Å². The predicted octanol–water partition coefficient (Wildman–Crippen LogP) is 4.36. The molecule has 0 atom stereocenters. The van der Waals surface area contributed by atoms with Crippen LogP contribution in [0.5, 0.6) is 5.75 Å². The third kappa shape index (κ3) is 5.75. The van der Waals surface area contributed by atoms with E-state index in [0.29, 0.717) is 36.5 Å². The lowest BCUT2D eigenvalue weighted by atomic mass is 10.1. The number of aromatic nitrogens is 3. The van der Waals surface area contributed by atoms with Gasteiger partial charge in [-0.25, -0.2) is 4.98 Å². The van der Waals surface area contributed by atoms with Gasteiger partial charge in [0.15, 0.2) is 0 Å². The summed E-state index contributed by atoms with van der Waals surface area (Å²) in [6.45, 7) is 6.89. The van der Waals surface area contributed by atoms with E-state index in [-0.39, 0.29) is 5.69 Å². The van der Waals surface area contributed by atoms with Crippen LogP contribution in [0.25, 0.3) is 10.9 Å². The Bertz CT molecular complexity index is 1080. The zero-order valence-corrected chi connectivity index (χ0v) is 17.9. The van der Waals surface area contributed by atoms with E-state index in [0.717, 1.165) is 12.3 Å². The number of pyridine rings is 1. The third-order valence-corrected chi connectivity index (χ3v) is 4.59. The number of carbonyl (C=O) groups is 1. The molecule has 0 saturated heterocycles. The van der Waals surface area contributed by atoms with Crippen molar-refractivity contribution in [3.05, 3.63) is 47.9 Å². The van der Waals surface area contributed by atoms with Crippen LogP contribution in [0.3, 0.4) is 0 Å². The average molecular weight is 432 g/mol. The Balaban J connectivity index is 1.89. The minimum Gasteiger partial charge on any atom is -0.492 e. The summed E-state index contributed by atoms with van der Waals surface area (Å²) < 4.78 is 34.5. The number of ether oxygens (including phenoxy) is 1. The number of hydrogen-bond acceptors (Lipinski definition) is 5. The summed E-state index contributed by atoms with van der Waals surface area (Å²) in [4.78, 5) is 16.5. The number of hydrogen-bond donors (Lipinski definition) is 2. The van der Waals surface area contributed by atoms with E-state index in [1.54, 1.807) is 30.7 Å². The van der Waals surface area contributed by atoms with Gasteiger partial charge >= 0.3 is 0 Å². The number of amides is 1. The van der Waals surface area contributed by atoms with E-state index >= 15 is 0 Å². The van der Waals surface area contributed by atoms with Crippen molar-refractivity contribution in [3.63, 3.8) is 0 Å². The van der Waals surface area contributed by atoms with Crippen LogP contribution in [0, 0.1) is 0 Å². The molecule has 0 unspecified atom stereocenters. The van der Waals surface area contributed by atoms with Gasteiger partial charge in [-0.05, 0) is 45.4 Å². The third-order valence-electron chi connectivity index (χ3n) is 4.59. The highest BCUT2D eigenvalue weighted by Crippen LogP contribution is 2.31. The summed E-state index contributed by atoms with van der Waals surface area (Å²) in [5.74, 6) is -3.36. The fourth-order valence-corrected chi connectivity index (χ4v) is 2.97. The van der Waals surface area contributed by atoms with Crippen LogP contribution >= 0.6 is 0 Å². The number of rotatable bonds is 8. The second-order valence-electron chi connectivity index (χ2n) is 8.05. The molecule has 0 radical (unpaired) electrons. The molecule has 9 heteroatoms. The first-order valence-electron chi connectivity index (χ1n) is 9.99. The molecule has 0 saturated carbocycles. The van der Waals surface area contributed by atoms with E-state index < -0.39 is 23.1 Å². The lowest BCUT2D eigenvalue weighted by Crippen LogP contribution is -2.21. The van der Waals surface area contributed by atoms with Gasteiger partial charge in [0.25, 0.3) is 11.8 Å². The topological polar surface area (TPSA) is 89.3 Å². The minimum atomic E-state index is -3.15. The Morgan fingerprint density at radius 3 is 2.65 bits per heavy atom. The second kappa shape index (κ2) is 8.58. The van der Waals surface area contributed by atoms with Crippen LogP contribution in [0.15, 0.2) is 36.5 Å². The molecular weight excluding hydrogens is 406 g/mol. The van der Waals surface area contributed by atoms with Crippen LogP contribution in [0.1, 0.15) is 50.3 Å². The highest BCUT2D eigenvalue weighted by atomic mass is 19.3. The summed E-state index contributed by atoms with van der Waals surface area (Å²) in [7, 11) is 0. The summed E-state index contributed by atoms with van der Waals surface area (Å²) in [6.07, 6.45) is 2.33. The predicted molar refractivity (Wildman–Crippen MR) is 114 cm³/mol. The van der Waals surface area contributed by atoms with Gasteiger partial charge in [0.2, 0.25) is 0 Å². The molecule has 2 N–H and O–H groups in total. The normalized spacial score (nSPS) is 12.2. The average Bonchev–Trinajstić information content (AvgIpc) is 3.07. The number of halogens is 2. The molecule has 0 bridgehead atoms. The zero-order valence-electron chi connectivity index (χ0n) is 17.9. The van der Waals surface area contributed by atoms with Crippen molar-refractivity contribution in [3.8, 4) is 5.75 Å². The first kappa shape index (κ1) is 22.6. The van der Waals surface area contributed by atoms with Crippen molar-refractivity contribution in [2.45, 2.75) is 52.2 Å². The highest BCUT2D eigenvalue weighted by Gasteiger charge is 2.27. The SMILES string of the molecule is CCOc1cc2nn(CCC(C)(C)O)cc2cc1NC(=O)c1cccc(C(C)(F)F)n1. The van der Waals surface area contributed by atoms with Crippen LogP contribution in [-0.2, 0) is 12.5 Å². The number of benzene rings is 1. The Kier molecular flexibility index (Phi) is 6.26. The summed E-state index contributed by atoms with van der Waals surface area (Å²) in [5.41, 5.74) is -0.360. The number of carbonyl (C=O) groups excluding carboxylic acids is 1. The summed E-state index contributed by atoms with van der Waals surface area (Å²) >= 11 is 0. The van der Waals surface area contributed by atoms with Crippen molar-refractivity contribution < 1.29 is 23.4 Å². The largest absolute Gasteiger partial charge is 0.492 e. The maximum Gasteiger partial charge on any atom is 0.287 e. The number of aryl methyl sites for hydroxylation is 1. The van der Waals surface area contributed by atoms with Crippen molar-refractivity contribution >= 4 is 22.5 Å². The molecule has 31 heavy (non-hydrogen) atoms. The fraction of sp³-hybridized carbons (Fsp3) is 0.409. The van der Waals surface area contributed by atoms with Gasteiger partial charge in [0.05, 0.1) is 23.4 Å². The van der Waals surface area contributed by atoms with Gasteiger partial charge in [-0.1, -0.05) is 6.07 Å². The highest BCUT2D eigenvalue weighted by molar-refractivity contribution is 6.05. The lowest BCUT2D eigenvalue weighted by molar-refractivity contribution is 0.0126. The monoisotopic (exact) mass is 432 g/mol. The standard InChI is InChI=1S/C22H26F2N4O3/c1-5-31-18-12-16-14(13-28(27-16)10-9-21(2,3)30)11-17(18)26-20(29)15-7-6-8-19(25-15)22(4,23)24/h6-8,11-13,30H,5,9-10H2,1-4H3,(H,26,29). The van der Waals surface area contributed by atoms with Gasteiger partial charge < -0.3 is 15.2 Å². The quantitative estimate of drug-likeness (QED) is 0.552. The first-order chi connectivity index (χ1) is 14.5. The molecule has 0 aliphatic rings. The fourth-order valence-electron chi connectivity index (χ4n) is 2.97. The maximum absolute atomic E-state index is 13.6. The number of nitrogens with one attached hydrogen (secondary N) is 1. The molecule has 3 rings (SSSR count). The number of aliphatic hydroxyl groups is 1. The van der Waals surface area contributed by atoms with E-state index in [2.05, 4.69) is 15.4 Å². The Morgan fingerprint density at radius 2 is 2.00 bits per heavy atom. The van der Waals surface area contributed by atoms with Crippen LogP contribution < -0.4 is 10.1 Å². The minimum absolute atomic E-state index is 0.123. The van der Waals surface area contributed by atoms with E-state index in [9.17, 15) is 18.7 Å². The molecule has 1 amide bonds. The Hall–Kier alpha value is -3.07. The van der Waals surface area contributed by atoms with E-state index in [1.165, 1.54) is 18.2 Å². The van der Waals surface area contributed by atoms with Gasteiger partial charge in [-0.2, -0.15) is 13.9 Å². The molecule has 0 fully saturated rings. The van der Waals surface area contributed by atoms with E-state index in [4.69, 9.17) is 4.74 Å². The molecule has 166 valence electrons. The number of nitrogens with zero attached hydrogens (tertiary/aromatic N) is 3. The lowest BCUT2D eigenvalue weighted by Gasteiger charge is -2.16. The maximum atomic E-state index is 13.6. The van der Waals surface area contributed by atoms with Crippen molar-refractivity contribution in [2.24, 2.45) is 0 Å². The first-order valence-corrected chi connectivity index (χ1v) is 9.99. The zero-order chi connectivity index (χ0) is 22.8. The van der Waals surface area contributed by atoms with Crippen molar-refractivity contribution in [1.29, 1.82) is 0 Å². The molecule has 0 spiro atoms. The Labute approximate surface area is 179 Å². The molecule has 2 heterocycles. The van der Waals surface area contributed by atoms with Gasteiger partial charge in [0, 0.05) is 31.1 Å². The summed E-state index contributed by atoms with van der Waals surface area (Å²) in [5, 5.41) is 17.9. The van der Waals surface area contributed by atoms with Crippen LogP contribution in [0.2, 0.25) is 0 Å².